The molecule has 9 nitrogen and oxygen atoms in total. The predicted octanol–water partition coefficient (Wildman–Crippen LogP) is 1.35. The summed E-state index contributed by atoms with van der Waals surface area (Å²) in [6, 6.07) is 7.85. The lowest BCUT2D eigenvalue weighted by atomic mass is 9.91. The first-order chi connectivity index (χ1) is 15.9. The maximum atomic E-state index is 13.0. The highest BCUT2D eigenvalue weighted by atomic mass is 32.2. The Balaban J connectivity index is 1.22. The van der Waals surface area contributed by atoms with Crippen LogP contribution in [-0.4, -0.2) is 78.5 Å². The molecule has 0 atom stereocenters. The van der Waals surface area contributed by atoms with Gasteiger partial charge in [0.1, 0.15) is 11.7 Å². The minimum atomic E-state index is -1.06. The van der Waals surface area contributed by atoms with Gasteiger partial charge in [0.15, 0.2) is 5.65 Å². The number of benzene rings is 1. The Morgan fingerprint density at radius 3 is 2.52 bits per heavy atom. The number of rotatable bonds is 4. The van der Waals surface area contributed by atoms with Crippen LogP contribution in [0.3, 0.4) is 0 Å². The Labute approximate surface area is 196 Å². The van der Waals surface area contributed by atoms with Crippen molar-refractivity contribution in [2.24, 2.45) is 7.05 Å². The lowest BCUT2D eigenvalue weighted by molar-refractivity contribution is -0.0299. The van der Waals surface area contributed by atoms with Crippen LogP contribution in [0.25, 0.3) is 11.0 Å². The van der Waals surface area contributed by atoms with Crippen molar-refractivity contribution in [3.05, 3.63) is 52.7 Å². The number of thioether (sulfide) groups is 1. The second-order valence-electron chi connectivity index (χ2n) is 8.85. The molecule has 0 radical (unpaired) electrons. The fourth-order valence-electron chi connectivity index (χ4n) is 4.60. The van der Waals surface area contributed by atoms with Crippen molar-refractivity contribution in [2.75, 3.05) is 42.6 Å². The van der Waals surface area contributed by atoms with Crippen molar-refractivity contribution >= 4 is 34.4 Å². The van der Waals surface area contributed by atoms with E-state index >= 15 is 0 Å². The normalized spacial score (nSPS) is 18.6. The molecule has 0 bridgehead atoms. The first-order valence-electron chi connectivity index (χ1n) is 11.3. The number of anilines is 1. The Hall–Kier alpha value is -2.85. The molecular weight excluding hydrogens is 440 g/mol. The van der Waals surface area contributed by atoms with Crippen LogP contribution in [0.1, 0.15) is 23.2 Å². The SMILES string of the molecule is Cn1ncc2c(=O)n(CC3(O)CCN(C(=O)c4ccc(N5CCSCC5)cc4)CC3)cnc21. The van der Waals surface area contributed by atoms with Crippen molar-refractivity contribution < 1.29 is 9.90 Å². The maximum absolute atomic E-state index is 13.0. The molecular formula is C23H28N6O3S. The summed E-state index contributed by atoms with van der Waals surface area (Å²) in [5, 5.41) is 15.6. The lowest BCUT2D eigenvalue weighted by Crippen LogP contribution is -2.49. The molecule has 10 heteroatoms. The molecule has 0 aliphatic carbocycles. The van der Waals surface area contributed by atoms with Gasteiger partial charge < -0.3 is 14.9 Å². The fourth-order valence-corrected chi connectivity index (χ4v) is 5.50. The third kappa shape index (κ3) is 4.37. The van der Waals surface area contributed by atoms with Crippen LogP contribution in [0, 0.1) is 0 Å². The van der Waals surface area contributed by atoms with E-state index in [1.165, 1.54) is 17.1 Å². The maximum Gasteiger partial charge on any atom is 0.264 e. The smallest absolute Gasteiger partial charge is 0.264 e. The van der Waals surface area contributed by atoms with Crippen LogP contribution in [0.2, 0.25) is 0 Å². The van der Waals surface area contributed by atoms with Crippen molar-refractivity contribution in [1.29, 1.82) is 0 Å². The number of aromatic nitrogens is 4. The highest BCUT2D eigenvalue weighted by Gasteiger charge is 2.35. The third-order valence-electron chi connectivity index (χ3n) is 6.65. The van der Waals surface area contributed by atoms with Gasteiger partial charge in [-0.15, -0.1) is 0 Å². The molecule has 0 saturated carbocycles. The quantitative estimate of drug-likeness (QED) is 0.617. The van der Waals surface area contributed by atoms with Crippen LogP contribution in [0.5, 0.6) is 0 Å². The highest BCUT2D eigenvalue weighted by Crippen LogP contribution is 2.26. The highest BCUT2D eigenvalue weighted by molar-refractivity contribution is 7.99. The number of fused-ring (bicyclic) bond motifs is 1. The van der Waals surface area contributed by atoms with Crippen LogP contribution in [-0.2, 0) is 13.6 Å². The van der Waals surface area contributed by atoms with E-state index in [0.29, 0.717) is 42.5 Å². The number of aliphatic hydroxyl groups is 1. The summed E-state index contributed by atoms with van der Waals surface area (Å²) in [7, 11) is 1.74. The Bertz CT molecular complexity index is 1210. The van der Waals surface area contributed by atoms with Crippen LogP contribution in [0.4, 0.5) is 5.69 Å². The molecule has 1 aromatic carbocycles. The molecule has 2 fully saturated rings. The van der Waals surface area contributed by atoms with Crippen molar-refractivity contribution in [3.8, 4) is 0 Å². The van der Waals surface area contributed by atoms with Crippen molar-refractivity contribution in [3.63, 3.8) is 0 Å². The predicted molar refractivity (Wildman–Crippen MR) is 129 cm³/mol. The summed E-state index contributed by atoms with van der Waals surface area (Å²) >= 11 is 1.97. The number of hydrogen-bond acceptors (Lipinski definition) is 7. The average molecular weight is 469 g/mol. The second kappa shape index (κ2) is 8.83. The van der Waals surface area contributed by atoms with Crippen LogP contribution < -0.4 is 10.5 Å². The topological polar surface area (TPSA) is 96.5 Å². The first-order valence-corrected chi connectivity index (χ1v) is 12.4. The Morgan fingerprint density at radius 1 is 1.12 bits per heavy atom. The first kappa shape index (κ1) is 22.0. The Kier molecular flexibility index (Phi) is 5.88. The van der Waals surface area contributed by atoms with Gasteiger partial charge in [0.05, 0.1) is 18.3 Å². The molecule has 0 spiro atoms. The molecule has 33 heavy (non-hydrogen) atoms. The number of nitrogens with zero attached hydrogens (tertiary/aromatic N) is 6. The monoisotopic (exact) mass is 468 g/mol. The van der Waals surface area contributed by atoms with Gasteiger partial charge >= 0.3 is 0 Å². The number of carbonyl (C=O) groups excluding carboxylic acids is 1. The molecule has 1 N–H and O–H groups in total. The van der Waals surface area contributed by atoms with E-state index in [0.717, 1.165) is 30.3 Å². The molecule has 0 unspecified atom stereocenters. The zero-order chi connectivity index (χ0) is 23.0. The number of piperidine rings is 1. The molecule has 2 aromatic heterocycles. The zero-order valence-electron chi connectivity index (χ0n) is 18.7. The van der Waals surface area contributed by atoms with Gasteiger partial charge in [-0.25, -0.2) is 4.98 Å². The molecule has 4 heterocycles. The van der Waals surface area contributed by atoms with Gasteiger partial charge in [0.25, 0.3) is 11.5 Å². The fraction of sp³-hybridized carbons (Fsp3) is 0.478. The average Bonchev–Trinajstić information content (AvgIpc) is 3.23. The van der Waals surface area contributed by atoms with Crippen molar-refractivity contribution in [2.45, 2.75) is 25.0 Å². The van der Waals surface area contributed by atoms with E-state index in [1.807, 2.05) is 36.0 Å². The Morgan fingerprint density at radius 2 is 1.82 bits per heavy atom. The molecule has 3 aromatic rings. The summed E-state index contributed by atoms with van der Waals surface area (Å²) < 4.78 is 3.00. The van der Waals surface area contributed by atoms with E-state index in [2.05, 4.69) is 15.0 Å². The summed E-state index contributed by atoms with van der Waals surface area (Å²) in [6.07, 6.45) is 3.77. The number of likely N-dealkylation sites (tertiary alicyclic amines) is 1. The van der Waals surface area contributed by atoms with Gasteiger partial charge in [-0.2, -0.15) is 16.9 Å². The number of amides is 1. The van der Waals surface area contributed by atoms with Gasteiger partial charge in [-0.3, -0.25) is 18.8 Å². The summed E-state index contributed by atoms with van der Waals surface area (Å²) in [4.78, 5) is 34.2. The van der Waals surface area contributed by atoms with E-state index < -0.39 is 5.60 Å². The van der Waals surface area contributed by atoms with Crippen molar-refractivity contribution in [1.82, 2.24) is 24.2 Å². The van der Waals surface area contributed by atoms with E-state index in [4.69, 9.17) is 0 Å². The van der Waals surface area contributed by atoms with Gasteiger partial charge in [-0.05, 0) is 37.1 Å². The summed E-state index contributed by atoms with van der Waals surface area (Å²) in [5.74, 6) is 2.25. The van der Waals surface area contributed by atoms with E-state index in [9.17, 15) is 14.7 Å². The molecule has 2 aliphatic heterocycles. The molecule has 174 valence electrons. The number of carbonyl (C=O) groups is 1. The van der Waals surface area contributed by atoms with E-state index in [-0.39, 0.29) is 18.0 Å². The lowest BCUT2D eigenvalue weighted by Gasteiger charge is -2.38. The molecule has 2 aliphatic rings. The third-order valence-corrected chi connectivity index (χ3v) is 7.60. The van der Waals surface area contributed by atoms with Crippen LogP contribution >= 0.6 is 11.8 Å². The summed E-state index contributed by atoms with van der Waals surface area (Å²) in [6.45, 7) is 3.11. The van der Waals surface area contributed by atoms with E-state index in [1.54, 1.807) is 16.6 Å². The minimum Gasteiger partial charge on any atom is -0.388 e. The summed E-state index contributed by atoms with van der Waals surface area (Å²) in [5.41, 5.74) is 1.07. The molecule has 5 rings (SSSR count). The number of aryl methyl sites for hydroxylation is 1. The van der Waals surface area contributed by atoms with Gasteiger partial charge in [0, 0.05) is 56.0 Å². The van der Waals surface area contributed by atoms with Crippen LogP contribution in [0.15, 0.2) is 41.6 Å². The standard InChI is InChI=1S/C23H28N6O3S/c1-26-20-19(14-25-26)22(31)29(16-24-20)15-23(32)6-8-28(9-7-23)21(30)17-2-4-18(5-3-17)27-10-12-33-13-11-27/h2-5,14,16,32H,6-13,15H2,1H3. The largest absolute Gasteiger partial charge is 0.388 e. The van der Waals surface area contributed by atoms with Gasteiger partial charge in [-0.1, -0.05) is 0 Å². The molecule has 2 saturated heterocycles. The second-order valence-corrected chi connectivity index (χ2v) is 10.1. The van der Waals surface area contributed by atoms with Gasteiger partial charge in [0.2, 0.25) is 0 Å². The minimum absolute atomic E-state index is 0.0200. The zero-order valence-corrected chi connectivity index (χ0v) is 19.5. The molecule has 1 amide bonds. The number of hydrogen-bond donors (Lipinski definition) is 1.